The molecular weight excluding hydrogens is 555 g/mol. The number of hydrogen-bond acceptors (Lipinski definition) is 8. The maximum absolute atomic E-state index is 13.6. The second-order valence-electron chi connectivity index (χ2n) is 10.2. The lowest BCUT2D eigenvalue weighted by Gasteiger charge is -2.50. The molecule has 0 radical (unpaired) electrons. The smallest absolute Gasteiger partial charge is 0.305 e. The number of aromatic hydroxyl groups is 1. The number of aliphatic carboxylic acids is 1. The first kappa shape index (κ1) is 27.3. The van der Waals surface area contributed by atoms with E-state index in [2.05, 4.69) is 0 Å². The van der Waals surface area contributed by atoms with Crippen LogP contribution in [-0.2, 0) is 24.0 Å². The third kappa shape index (κ3) is 3.52. The molecule has 0 aromatic heterocycles. The normalized spacial score (nSPS) is 33.5. The van der Waals surface area contributed by atoms with E-state index in [1.807, 2.05) is 0 Å². The van der Waals surface area contributed by atoms with E-state index >= 15 is 0 Å². The van der Waals surface area contributed by atoms with E-state index in [4.69, 9.17) is 37.8 Å². The highest BCUT2D eigenvalue weighted by Gasteiger charge is 2.75. The lowest BCUT2D eigenvalue weighted by molar-refractivity contribution is -0.143. The van der Waals surface area contributed by atoms with Gasteiger partial charge in [0, 0.05) is 19.5 Å². The summed E-state index contributed by atoms with van der Waals surface area (Å²) < 4.78 is 10.6. The van der Waals surface area contributed by atoms with E-state index in [0.717, 1.165) is 9.80 Å². The fourth-order valence-electron chi connectivity index (χ4n) is 6.69. The van der Waals surface area contributed by atoms with E-state index < -0.39 is 69.4 Å². The van der Waals surface area contributed by atoms with Gasteiger partial charge in [-0.15, -0.1) is 23.2 Å². The topological polar surface area (TPSA) is 151 Å². The fourth-order valence-corrected chi connectivity index (χ4v) is 7.71. The van der Waals surface area contributed by atoms with E-state index in [-0.39, 0.29) is 36.6 Å². The number of phenols is 1. The van der Waals surface area contributed by atoms with Crippen molar-refractivity contribution < 1.29 is 43.7 Å². The zero-order chi connectivity index (χ0) is 28.6. The molecule has 5 rings (SSSR count). The van der Waals surface area contributed by atoms with Gasteiger partial charge in [0.15, 0.2) is 21.2 Å². The summed E-state index contributed by atoms with van der Waals surface area (Å²) in [5, 5.41) is 19.6. The quantitative estimate of drug-likeness (QED) is 0.292. The summed E-state index contributed by atoms with van der Waals surface area (Å²) in [6, 6.07) is 2.94. The Labute approximate surface area is 233 Å². The van der Waals surface area contributed by atoms with Gasteiger partial charge in [0.1, 0.15) is 0 Å². The van der Waals surface area contributed by atoms with Gasteiger partial charge in [-0.25, -0.2) is 0 Å². The van der Waals surface area contributed by atoms with Gasteiger partial charge in [-0.1, -0.05) is 11.6 Å². The molecule has 3 fully saturated rings. The van der Waals surface area contributed by atoms with Gasteiger partial charge >= 0.3 is 5.97 Å². The number of fused-ring (bicyclic) bond motifs is 4. The molecule has 1 aromatic rings. The van der Waals surface area contributed by atoms with Gasteiger partial charge in [-0.3, -0.25) is 33.8 Å². The SMILES string of the molecule is COc1cc(C2C3=CCC4C(=O)N(CCC(=O)O)C(=O)C4C3CC3(Cl)C(=O)N(C)C(=O)C23Cl)cc(OC)c1O. The molecule has 1 saturated carbocycles. The minimum atomic E-state index is -2.00. The molecule has 2 aliphatic heterocycles. The molecule has 2 saturated heterocycles. The zero-order valence-corrected chi connectivity index (χ0v) is 22.8. The van der Waals surface area contributed by atoms with Crippen LogP contribution < -0.4 is 9.47 Å². The number of nitrogens with zero attached hydrogens (tertiary/aromatic N) is 2. The molecule has 0 spiro atoms. The molecular formula is C26H26Cl2N2O9. The molecule has 2 N–H and O–H groups in total. The Morgan fingerprint density at radius 3 is 2.23 bits per heavy atom. The summed E-state index contributed by atoms with van der Waals surface area (Å²) >= 11 is 14.2. The number of carboxylic acids is 1. The van der Waals surface area contributed by atoms with Crippen molar-refractivity contribution in [3.63, 3.8) is 0 Å². The highest BCUT2D eigenvalue weighted by molar-refractivity contribution is 6.53. The molecule has 13 heteroatoms. The number of likely N-dealkylation sites (tertiary alicyclic amines) is 2. The van der Waals surface area contributed by atoms with Crippen LogP contribution in [0.1, 0.15) is 30.7 Å². The second kappa shape index (κ2) is 9.12. The molecule has 0 bridgehead atoms. The third-order valence-electron chi connectivity index (χ3n) is 8.49. The van der Waals surface area contributed by atoms with Crippen LogP contribution in [-0.4, -0.2) is 87.2 Å². The number of alkyl halides is 2. The predicted molar refractivity (Wildman–Crippen MR) is 136 cm³/mol. The predicted octanol–water partition coefficient (Wildman–Crippen LogP) is 1.87. The standard InChI is InChI=1S/C26H26Cl2N2O9/c1-29-23(36)25(27)10-14-12(4-5-13-18(14)22(35)30(21(13)34)7-6-17(31)32)19(26(25,28)24(29)37)11-8-15(38-2)20(33)16(9-11)39-3/h4,8-9,13-14,18-19,33H,5-7,10H2,1-3H3,(H,31,32). The fraction of sp³-hybridized carbons (Fsp3) is 0.500. The Morgan fingerprint density at radius 1 is 1.05 bits per heavy atom. The molecule has 1 aromatic carbocycles. The summed E-state index contributed by atoms with van der Waals surface area (Å²) in [6.07, 6.45) is 1.31. The van der Waals surface area contributed by atoms with Gasteiger partial charge < -0.3 is 19.7 Å². The van der Waals surface area contributed by atoms with E-state index in [1.54, 1.807) is 6.08 Å². The molecule has 11 nitrogen and oxygen atoms in total. The number of allylic oxidation sites excluding steroid dienone is 2. The number of carbonyl (C=O) groups is 5. The Balaban J connectivity index is 1.70. The number of hydrogen-bond donors (Lipinski definition) is 2. The van der Waals surface area contributed by atoms with Crippen molar-refractivity contribution in [2.24, 2.45) is 17.8 Å². The molecule has 2 aliphatic carbocycles. The Hall–Kier alpha value is -3.31. The van der Waals surface area contributed by atoms with Crippen molar-refractivity contribution in [2.75, 3.05) is 27.8 Å². The monoisotopic (exact) mass is 580 g/mol. The molecule has 39 heavy (non-hydrogen) atoms. The molecule has 208 valence electrons. The minimum Gasteiger partial charge on any atom is -0.502 e. The van der Waals surface area contributed by atoms with Crippen LogP contribution in [0.15, 0.2) is 23.8 Å². The van der Waals surface area contributed by atoms with Crippen molar-refractivity contribution >= 4 is 52.8 Å². The number of carboxylic acid groups (broad SMARTS) is 1. The molecule has 4 amide bonds. The summed E-state index contributed by atoms with van der Waals surface area (Å²) in [6.45, 7) is -0.274. The van der Waals surface area contributed by atoms with Crippen LogP contribution in [0, 0.1) is 17.8 Å². The lowest BCUT2D eigenvalue weighted by Crippen LogP contribution is -2.60. The highest BCUT2D eigenvalue weighted by atomic mass is 35.5. The minimum absolute atomic E-state index is 0.0262. The first-order valence-corrected chi connectivity index (χ1v) is 13.0. The Kier molecular flexibility index (Phi) is 6.38. The molecule has 4 aliphatic rings. The largest absolute Gasteiger partial charge is 0.502 e. The lowest BCUT2D eigenvalue weighted by atomic mass is 9.56. The number of amides is 4. The van der Waals surface area contributed by atoms with Crippen LogP contribution in [0.4, 0.5) is 0 Å². The summed E-state index contributed by atoms with van der Waals surface area (Å²) in [5.74, 6) is -7.36. The first-order chi connectivity index (χ1) is 18.3. The number of carbonyl (C=O) groups excluding carboxylic acids is 4. The average molecular weight is 581 g/mol. The van der Waals surface area contributed by atoms with Crippen molar-refractivity contribution in [2.45, 2.75) is 34.9 Å². The molecule has 6 atom stereocenters. The number of halogens is 2. The van der Waals surface area contributed by atoms with Crippen LogP contribution in [0.2, 0.25) is 0 Å². The Bertz CT molecular complexity index is 1340. The van der Waals surface area contributed by atoms with Gasteiger partial charge in [0.05, 0.1) is 32.5 Å². The zero-order valence-electron chi connectivity index (χ0n) is 21.3. The van der Waals surface area contributed by atoms with Crippen molar-refractivity contribution in [3.8, 4) is 17.2 Å². The van der Waals surface area contributed by atoms with Gasteiger partial charge in [-0.2, -0.15) is 0 Å². The summed E-state index contributed by atoms with van der Waals surface area (Å²) in [7, 11) is 3.95. The number of benzene rings is 1. The van der Waals surface area contributed by atoms with Crippen molar-refractivity contribution in [1.29, 1.82) is 0 Å². The van der Waals surface area contributed by atoms with Crippen LogP contribution in [0.5, 0.6) is 17.2 Å². The van der Waals surface area contributed by atoms with Crippen molar-refractivity contribution in [3.05, 3.63) is 29.3 Å². The average Bonchev–Trinajstić information content (AvgIpc) is 3.22. The number of rotatable bonds is 6. The number of methoxy groups -OCH3 is 2. The number of ether oxygens (including phenoxy) is 2. The molecule has 2 heterocycles. The van der Waals surface area contributed by atoms with Gasteiger partial charge in [0.25, 0.3) is 11.8 Å². The van der Waals surface area contributed by atoms with E-state index in [0.29, 0.717) is 11.1 Å². The summed E-state index contributed by atoms with van der Waals surface area (Å²) in [4.78, 5) is 62.8. The molecule has 6 unspecified atom stereocenters. The summed E-state index contributed by atoms with van der Waals surface area (Å²) in [5.41, 5.74) is 0.905. The van der Waals surface area contributed by atoms with Crippen LogP contribution in [0.3, 0.4) is 0 Å². The van der Waals surface area contributed by atoms with E-state index in [9.17, 15) is 29.1 Å². The third-order valence-corrected chi connectivity index (χ3v) is 9.90. The second-order valence-corrected chi connectivity index (χ2v) is 11.5. The first-order valence-electron chi connectivity index (χ1n) is 12.3. The number of imide groups is 2. The Morgan fingerprint density at radius 2 is 1.67 bits per heavy atom. The van der Waals surface area contributed by atoms with Crippen molar-refractivity contribution in [1.82, 2.24) is 9.80 Å². The van der Waals surface area contributed by atoms with Gasteiger partial charge in [0.2, 0.25) is 17.6 Å². The van der Waals surface area contributed by atoms with E-state index in [1.165, 1.54) is 33.4 Å². The highest BCUT2D eigenvalue weighted by Crippen LogP contribution is 2.65. The van der Waals surface area contributed by atoms with Crippen LogP contribution >= 0.6 is 23.2 Å². The van der Waals surface area contributed by atoms with Gasteiger partial charge in [-0.05, 0) is 36.5 Å². The number of phenolic OH excluding ortho intramolecular Hbond substituents is 1. The maximum Gasteiger partial charge on any atom is 0.305 e. The van der Waals surface area contributed by atoms with Crippen LogP contribution in [0.25, 0.3) is 0 Å². The maximum atomic E-state index is 13.6.